The van der Waals surface area contributed by atoms with Gasteiger partial charge in [0, 0.05) is 11.9 Å². The Morgan fingerprint density at radius 2 is 2.00 bits per heavy atom. The van der Waals surface area contributed by atoms with Crippen molar-refractivity contribution in [3.8, 4) is 0 Å². The molecule has 94 valence electrons. The molecule has 2 aromatic rings. The third-order valence-electron chi connectivity index (χ3n) is 3.18. The van der Waals surface area contributed by atoms with Crippen molar-refractivity contribution in [1.29, 1.82) is 0 Å². The molecule has 0 spiro atoms. The van der Waals surface area contributed by atoms with Crippen LogP contribution in [0.15, 0.2) is 36.5 Å². The highest BCUT2D eigenvalue weighted by Gasteiger charge is 2.15. The average molecular weight is 244 g/mol. The Morgan fingerprint density at radius 3 is 2.61 bits per heavy atom. The maximum Gasteiger partial charge on any atom is 0.126 e. The summed E-state index contributed by atoms with van der Waals surface area (Å²) in [6, 6.07) is 9.22. The smallest absolute Gasteiger partial charge is 0.126 e. The molecule has 1 N–H and O–H groups in total. The van der Waals surface area contributed by atoms with Gasteiger partial charge in [-0.2, -0.15) is 0 Å². The number of hydrogen-bond donors (Lipinski definition) is 1. The van der Waals surface area contributed by atoms with E-state index < -0.39 is 0 Å². The normalized spacial score (nSPS) is 12.4. The van der Waals surface area contributed by atoms with E-state index >= 15 is 0 Å². The number of halogens is 1. The molecule has 2 rings (SSSR count). The summed E-state index contributed by atoms with van der Waals surface area (Å²) in [4.78, 5) is 4.28. The molecule has 1 atom stereocenters. The molecule has 1 heterocycles. The van der Waals surface area contributed by atoms with Crippen molar-refractivity contribution in [2.24, 2.45) is 0 Å². The van der Waals surface area contributed by atoms with Crippen molar-refractivity contribution in [3.05, 3.63) is 64.7 Å². The SMILES string of the molecule is CNC(c1ccc(C)c(F)c1)c1cccnc1C. The number of benzene rings is 1. The minimum atomic E-state index is -0.172. The van der Waals surface area contributed by atoms with Crippen LogP contribution in [0, 0.1) is 19.7 Å². The number of nitrogens with one attached hydrogen (secondary N) is 1. The molecule has 1 aromatic heterocycles. The van der Waals surface area contributed by atoms with E-state index in [-0.39, 0.29) is 11.9 Å². The van der Waals surface area contributed by atoms with E-state index in [1.54, 1.807) is 25.3 Å². The number of aryl methyl sites for hydroxylation is 2. The standard InChI is InChI=1S/C15H17FN2/c1-10-6-7-12(9-14(10)16)15(17-3)13-5-4-8-18-11(13)2/h4-9,15,17H,1-3H3. The predicted molar refractivity (Wildman–Crippen MR) is 71.0 cm³/mol. The lowest BCUT2D eigenvalue weighted by Gasteiger charge is -2.19. The first-order valence-corrected chi connectivity index (χ1v) is 5.98. The Hall–Kier alpha value is -1.74. The molecule has 0 aliphatic heterocycles. The summed E-state index contributed by atoms with van der Waals surface area (Å²) in [5, 5.41) is 3.22. The fourth-order valence-corrected chi connectivity index (χ4v) is 2.09. The van der Waals surface area contributed by atoms with Gasteiger partial charge < -0.3 is 5.32 Å². The Balaban J connectivity index is 2.45. The maximum absolute atomic E-state index is 13.6. The molecule has 0 bridgehead atoms. The highest BCUT2D eigenvalue weighted by atomic mass is 19.1. The fourth-order valence-electron chi connectivity index (χ4n) is 2.09. The Morgan fingerprint density at radius 1 is 1.22 bits per heavy atom. The van der Waals surface area contributed by atoms with Gasteiger partial charge in [-0.05, 0) is 49.7 Å². The molecule has 1 unspecified atom stereocenters. The van der Waals surface area contributed by atoms with Crippen molar-refractivity contribution in [2.45, 2.75) is 19.9 Å². The van der Waals surface area contributed by atoms with Gasteiger partial charge in [0.25, 0.3) is 0 Å². The Bertz CT molecular complexity index is 552. The van der Waals surface area contributed by atoms with Crippen molar-refractivity contribution in [1.82, 2.24) is 10.3 Å². The third-order valence-corrected chi connectivity index (χ3v) is 3.18. The van der Waals surface area contributed by atoms with E-state index in [0.29, 0.717) is 5.56 Å². The van der Waals surface area contributed by atoms with Crippen LogP contribution < -0.4 is 5.32 Å². The third kappa shape index (κ3) is 2.41. The van der Waals surface area contributed by atoms with E-state index in [1.165, 1.54) is 0 Å². The van der Waals surface area contributed by atoms with E-state index in [0.717, 1.165) is 16.8 Å². The van der Waals surface area contributed by atoms with Crippen LogP contribution in [0.1, 0.15) is 28.4 Å². The first-order valence-electron chi connectivity index (χ1n) is 5.98. The van der Waals surface area contributed by atoms with Crippen LogP contribution in [0.25, 0.3) is 0 Å². The Labute approximate surface area is 107 Å². The second-order valence-electron chi connectivity index (χ2n) is 4.41. The van der Waals surface area contributed by atoms with Crippen LogP contribution in [0.5, 0.6) is 0 Å². The zero-order valence-corrected chi connectivity index (χ0v) is 10.9. The van der Waals surface area contributed by atoms with Crippen LogP contribution in [-0.2, 0) is 0 Å². The van der Waals surface area contributed by atoms with Gasteiger partial charge in [-0.25, -0.2) is 4.39 Å². The van der Waals surface area contributed by atoms with Crippen molar-refractivity contribution in [3.63, 3.8) is 0 Å². The van der Waals surface area contributed by atoms with E-state index in [4.69, 9.17) is 0 Å². The molecule has 0 amide bonds. The first kappa shape index (κ1) is 12.7. The zero-order valence-electron chi connectivity index (χ0n) is 10.9. The molecule has 2 nitrogen and oxygen atoms in total. The monoisotopic (exact) mass is 244 g/mol. The summed E-state index contributed by atoms with van der Waals surface area (Å²) in [5.74, 6) is -0.172. The second-order valence-corrected chi connectivity index (χ2v) is 4.41. The lowest BCUT2D eigenvalue weighted by Crippen LogP contribution is -2.19. The van der Waals surface area contributed by atoms with Crippen LogP contribution in [0.2, 0.25) is 0 Å². The maximum atomic E-state index is 13.6. The van der Waals surface area contributed by atoms with Gasteiger partial charge in [-0.1, -0.05) is 18.2 Å². The molecule has 1 aromatic carbocycles. The topological polar surface area (TPSA) is 24.9 Å². The number of aromatic nitrogens is 1. The summed E-state index contributed by atoms with van der Waals surface area (Å²) in [6.07, 6.45) is 1.77. The largest absolute Gasteiger partial charge is 0.309 e. The van der Waals surface area contributed by atoms with Gasteiger partial charge >= 0.3 is 0 Å². The Kier molecular flexibility index (Phi) is 3.72. The molecule has 18 heavy (non-hydrogen) atoms. The van der Waals surface area contributed by atoms with Gasteiger partial charge in [0.15, 0.2) is 0 Å². The molecule has 0 saturated carbocycles. The zero-order chi connectivity index (χ0) is 13.1. The van der Waals surface area contributed by atoms with Gasteiger partial charge in [0.05, 0.1) is 6.04 Å². The quantitative estimate of drug-likeness (QED) is 0.897. The van der Waals surface area contributed by atoms with Crippen molar-refractivity contribution < 1.29 is 4.39 Å². The molecule has 0 radical (unpaired) electrons. The van der Waals surface area contributed by atoms with Crippen molar-refractivity contribution in [2.75, 3.05) is 7.05 Å². The van der Waals surface area contributed by atoms with E-state index in [1.807, 2.05) is 32.2 Å². The van der Waals surface area contributed by atoms with Crippen LogP contribution in [-0.4, -0.2) is 12.0 Å². The number of pyridine rings is 1. The molecule has 0 aliphatic carbocycles. The highest BCUT2D eigenvalue weighted by Crippen LogP contribution is 2.24. The summed E-state index contributed by atoms with van der Waals surface area (Å²) in [6.45, 7) is 3.73. The average Bonchev–Trinajstić information content (AvgIpc) is 2.37. The summed E-state index contributed by atoms with van der Waals surface area (Å²) < 4.78 is 13.6. The highest BCUT2D eigenvalue weighted by molar-refractivity contribution is 5.35. The molecule has 0 fully saturated rings. The lowest BCUT2D eigenvalue weighted by atomic mass is 9.97. The summed E-state index contributed by atoms with van der Waals surface area (Å²) >= 11 is 0. The fraction of sp³-hybridized carbons (Fsp3) is 0.267. The summed E-state index contributed by atoms with van der Waals surface area (Å²) in [5.41, 5.74) is 3.61. The van der Waals surface area contributed by atoms with Gasteiger partial charge in [0.2, 0.25) is 0 Å². The van der Waals surface area contributed by atoms with E-state index in [9.17, 15) is 4.39 Å². The lowest BCUT2D eigenvalue weighted by molar-refractivity contribution is 0.607. The van der Waals surface area contributed by atoms with Gasteiger partial charge in [-0.3, -0.25) is 4.98 Å². The van der Waals surface area contributed by atoms with Crippen LogP contribution >= 0.6 is 0 Å². The van der Waals surface area contributed by atoms with Crippen molar-refractivity contribution >= 4 is 0 Å². The molecular formula is C15H17FN2. The minimum Gasteiger partial charge on any atom is -0.309 e. The van der Waals surface area contributed by atoms with Crippen LogP contribution in [0.4, 0.5) is 4.39 Å². The molecule has 0 aliphatic rings. The van der Waals surface area contributed by atoms with E-state index in [2.05, 4.69) is 10.3 Å². The summed E-state index contributed by atoms with van der Waals surface area (Å²) in [7, 11) is 1.87. The van der Waals surface area contributed by atoms with Gasteiger partial charge in [0.1, 0.15) is 5.82 Å². The first-order chi connectivity index (χ1) is 8.63. The second kappa shape index (κ2) is 5.27. The predicted octanol–water partition coefficient (Wildman–Crippen LogP) is 3.15. The van der Waals surface area contributed by atoms with Gasteiger partial charge in [-0.15, -0.1) is 0 Å². The van der Waals surface area contributed by atoms with Crippen LogP contribution in [0.3, 0.4) is 0 Å². The number of hydrogen-bond acceptors (Lipinski definition) is 2. The number of nitrogens with zero attached hydrogens (tertiary/aromatic N) is 1. The minimum absolute atomic E-state index is 0.0335. The molecule has 0 saturated heterocycles. The molecule has 3 heteroatoms. The molecular weight excluding hydrogens is 227 g/mol. The number of rotatable bonds is 3.